The van der Waals surface area contributed by atoms with Gasteiger partial charge in [-0.15, -0.1) is 5.06 Å². The number of anilines is 1. The highest BCUT2D eigenvalue weighted by atomic mass is 16.7. The van der Waals surface area contributed by atoms with E-state index in [1.54, 1.807) is 4.90 Å². The number of hydrogen-bond acceptors (Lipinski definition) is 10. The molecule has 256 valence electrons. The van der Waals surface area contributed by atoms with Crippen LogP contribution >= 0.6 is 0 Å². The molecule has 2 aliphatic heterocycles. The van der Waals surface area contributed by atoms with E-state index in [1.807, 2.05) is 48.5 Å². The first-order valence-corrected chi connectivity index (χ1v) is 16.1. The summed E-state index contributed by atoms with van der Waals surface area (Å²) < 4.78 is 21.6. The summed E-state index contributed by atoms with van der Waals surface area (Å²) in [6.45, 7) is 3.22. The van der Waals surface area contributed by atoms with Crippen molar-refractivity contribution in [2.24, 2.45) is 0 Å². The topological polar surface area (TPSA) is 150 Å². The fourth-order valence-corrected chi connectivity index (χ4v) is 4.82. The summed E-state index contributed by atoms with van der Waals surface area (Å²) in [4.78, 5) is 66.6. The largest absolute Gasteiger partial charge is 0.378 e. The van der Waals surface area contributed by atoms with Gasteiger partial charge in [0, 0.05) is 43.4 Å². The van der Waals surface area contributed by atoms with Crippen molar-refractivity contribution in [2.45, 2.75) is 45.1 Å². The molecule has 0 spiro atoms. The molecule has 0 radical (unpaired) electrons. The lowest BCUT2D eigenvalue weighted by Crippen LogP contribution is -2.32. The number of hydrogen-bond donors (Lipinski definition) is 1. The van der Waals surface area contributed by atoms with E-state index in [1.165, 1.54) is 0 Å². The predicted octanol–water partition coefficient (Wildman–Crippen LogP) is 2.28. The van der Waals surface area contributed by atoms with E-state index in [4.69, 9.17) is 23.8 Å². The van der Waals surface area contributed by atoms with Crippen molar-refractivity contribution < 1.29 is 47.8 Å². The number of carbonyl (C=O) groups excluding carboxylic acids is 5. The Morgan fingerprint density at radius 1 is 0.688 bits per heavy atom. The average molecular weight is 664 g/mol. The molecular formula is C35H41N3O10. The minimum absolute atomic E-state index is 0.0489. The Hall–Kier alpha value is -4.61. The minimum Gasteiger partial charge on any atom is -0.378 e. The van der Waals surface area contributed by atoms with Gasteiger partial charge in [0.2, 0.25) is 11.8 Å². The van der Waals surface area contributed by atoms with Gasteiger partial charge in [0.05, 0.1) is 71.5 Å². The van der Waals surface area contributed by atoms with Crippen LogP contribution in [0.1, 0.15) is 55.2 Å². The molecule has 2 aromatic rings. The maximum atomic E-state index is 13.3. The number of amides is 4. The van der Waals surface area contributed by atoms with Crippen molar-refractivity contribution in [3.05, 3.63) is 65.2 Å². The molecule has 4 amide bonds. The predicted molar refractivity (Wildman–Crippen MR) is 172 cm³/mol. The highest BCUT2D eigenvalue weighted by molar-refractivity contribution is 6.01. The lowest BCUT2D eigenvalue weighted by atomic mass is 10.0. The van der Waals surface area contributed by atoms with Crippen LogP contribution in [0.25, 0.3) is 0 Å². The van der Waals surface area contributed by atoms with Crippen LogP contribution in [-0.2, 0) is 54.3 Å². The Kier molecular flexibility index (Phi) is 15.0. The number of nitrogens with one attached hydrogen (secondary N) is 1. The van der Waals surface area contributed by atoms with E-state index in [2.05, 4.69) is 17.2 Å². The molecule has 0 aliphatic carbocycles. The number of ether oxygens (including phenoxy) is 4. The van der Waals surface area contributed by atoms with Crippen molar-refractivity contribution in [3.8, 4) is 11.8 Å². The third-order valence-corrected chi connectivity index (χ3v) is 7.30. The fourth-order valence-electron chi connectivity index (χ4n) is 4.82. The molecule has 2 aliphatic rings. The van der Waals surface area contributed by atoms with E-state index in [0.717, 1.165) is 22.4 Å². The average Bonchev–Trinajstić information content (AvgIpc) is 3.39. The number of carbonyl (C=O) groups is 5. The Morgan fingerprint density at radius 2 is 1.27 bits per heavy atom. The van der Waals surface area contributed by atoms with E-state index in [9.17, 15) is 24.0 Å². The first-order valence-electron chi connectivity index (χ1n) is 16.1. The molecule has 48 heavy (non-hydrogen) atoms. The molecule has 0 unspecified atom stereocenters. The second-order valence-electron chi connectivity index (χ2n) is 10.9. The van der Waals surface area contributed by atoms with Crippen LogP contribution in [-0.4, -0.2) is 94.1 Å². The van der Waals surface area contributed by atoms with Crippen LogP contribution in [0.3, 0.4) is 0 Å². The molecule has 0 atom stereocenters. The fraction of sp³-hybridized carbons (Fsp3) is 0.457. The molecular weight excluding hydrogens is 622 g/mol. The first-order chi connectivity index (χ1) is 23.4. The molecule has 13 nitrogen and oxygen atoms in total. The molecule has 0 bridgehead atoms. The highest BCUT2D eigenvalue weighted by Gasteiger charge is 2.32. The third-order valence-electron chi connectivity index (χ3n) is 7.30. The summed E-state index contributed by atoms with van der Waals surface area (Å²) in [5.74, 6) is 4.46. The zero-order valence-corrected chi connectivity index (χ0v) is 26.9. The minimum atomic E-state index is -0.713. The van der Waals surface area contributed by atoms with Crippen LogP contribution in [0.2, 0.25) is 0 Å². The lowest BCUT2D eigenvalue weighted by molar-refractivity contribution is -0.198. The SMILES string of the molecule is O=C(CCCC(=O)N1Cc2ccccc2C#Cc2ccccc21)NCCOCCOCCOCCOCCC(=O)ON1C(=O)CCC1=O. The van der Waals surface area contributed by atoms with Crippen molar-refractivity contribution in [2.75, 3.05) is 64.3 Å². The second kappa shape index (κ2) is 19.9. The Morgan fingerprint density at radius 3 is 1.98 bits per heavy atom. The molecule has 1 saturated heterocycles. The Bertz CT molecular complexity index is 1470. The summed E-state index contributed by atoms with van der Waals surface area (Å²) in [5, 5.41) is 3.32. The Labute approximate surface area is 279 Å². The molecule has 1 N–H and O–H groups in total. The van der Waals surface area contributed by atoms with Crippen molar-refractivity contribution in [3.63, 3.8) is 0 Å². The van der Waals surface area contributed by atoms with E-state index in [-0.39, 0.29) is 57.1 Å². The second-order valence-corrected chi connectivity index (χ2v) is 10.9. The molecule has 0 saturated carbocycles. The third kappa shape index (κ3) is 11.9. The van der Waals surface area contributed by atoms with Crippen LogP contribution in [0.15, 0.2) is 48.5 Å². The smallest absolute Gasteiger partial charge is 0.335 e. The van der Waals surface area contributed by atoms with Gasteiger partial charge in [0.15, 0.2) is 0 Å². The van der Waals surface area contributed by atoms with Gasteiger partial charge in [-0.1, -0.05) is 42.2 Å². The standard InChI is InChI=1S/C35H41N3O10/c39-31(10-5-11-32(40)37-26-29-8-2-1-6-27(29)12-13-28-7-3-4-9-30(28)37)36-17-19-45-21-23-47-25-24-46-22-20-44-18-16-35(43)48-38-33(41)14-15-34(38)42/h1-4,6-9H,5,10-11,14-26H2,(H,36,39). The maximum absolute atomic E-state index is 13.3. The van der Waals surface area contributed by atoms with Gasteiger partial charge < -0.3 is 34.0 Å². The first kappa shape index (κ1) is 36.2. The summed E-state index contributed by atoms with van der Waals surface area (Å²) in [6.07, 6.45) is 0.916. The van der Waals surface area contributed by atoms with Crippen molar-refractivity contribution in [1.82, 2.24) is 10.4 Å². The van der Waals surface area contributed by atoms with Gasteiger partial charge in [0.1, 0.15) is 0 Å². The number of para-hydroxylation sites is 1. The zero-order valence-electron chi connectivity index (χ0n) is 26.9. The monoisotopic (exact) mass is 663 g/mol. The molecule has 2 aromatic carbocycles. The maximum Gasteiger partial charge on any atom is 0.335 e. The van der Waals surface area contributed by atoms with Crippen LogP contribution < -0.4 is 10.2 Å². The quantitative estimate of drug-likeness (QED) is 0.127. The molecule has 1 fully saturated rings. The van der Waals surface area contributed by atoms with Gasteiger partial charge in [-0.25, -0.2) is 4.79 Å². The highest BCUT2D eigenvalue weighted by Crippen LogP contribution is 2.26. The van der Waals surface area contributed by atoms with E-state index >= 15 is 0 Å². The number of benzene rings is 2. The number of imide groups is 1. The molecule has 4 rings (SSSR count). The van der Waals surface area contributed by atoms with Crippen LogP contribution in [0, 0.1) is 11.8 Å². The van der Waals surface area contributed by atoms with Gasteiger partial charge in [0.25, 0.3) is 11.8 Å². The summed E-state index contributed by atoms with van der Waals surface area (Å²) in [6, 6.07) is 15.4. The summed E-state index contributed by atoms with van der Waals surface area (Å²) in [5.41, 5.74) is 3.47. The lowest BCUT2D eigenvalue weighted by Gasteiger charge is -2.26. The van der Waals surface area contributed by atoms with Gasteiger partial charge in [-0.3, -0.25) is 19.2 Å². The van der Waals surface area contributed by atoms with E-state index in [0.29, 0.717) is 64.2 Å². The summed E-state index contributed by atoms with van der Waals surface area (Å²) >= 11 is 0. The number of hydroxylamine groups is 2. The number of rotatable bonds is 20. The number of nitrogens with zero attached hydrogens (tertiary/aromatic N) is 2. The van der Waals surface area contributed by atoms with Gasteiger partial charge in [-0.05, 0) is 30.2 Å². The van der Waals surface area contributed by atoms with Gasteiger partial charge >= 0.3 is 5.97 Å². The number of fused-ring (bicyclic) bond motifs is 2. The summed E-state index contributed by atoms with van der Waals surface area (Å²) in [7, 11) is 0. The van der Waals surface area contributed by atoms with Crippen molar-refractivity contribution in [1.29, 1.82) is 0 Å². The molecule has 2 heterocycles. The van der Waals surface area contributed by atoms with Crippen LogP contribution in [0.4, 0.5) is 5.69 Å². The molecule has 13 heteroatoms. The van der Waals surface area contributed by atoms with Gasteiger partial charge in [-0.2, -0.15) is 0 Å². The van der Waals surface area contributed by atoms with E-state index < -0.39 is 17.8 Å². The zero-order chi connectivity index (χ0) is 34.0. The van der Waals surface area contributed by atoms with Crippen LogP contribution in [0.5, 0.6) is 0 Å². The van der Waals surface area contributed by atoms with Crippen molar-refractivity contribution >= 4 is 35.3 Å². The molecule has 0 aromatic heterocycles. The normalized spacial score (nSPS) is 13.6. The Balaban J connectivity index is 0.956.